The van der Waals surface area contributed by atoms with E-state index >= 15 is 0 Å². The molecule has 2 aliphatic rings. The highest BCUT2D eigenvalue weighted by Crippen LogP contribution is 2.40. The van der Waals surface area contributed by atoms with Crippen LogP contribution in [0.25, 0.3) is 0 Å². The van der Waals surface area contributed by atoms with Crippen LogP contribution in [0.15, 0.2) is 0 Å². The maximum atomic E-state index is 12.2. The molecule has 2 N–H and O–H groups in total. The normalized spacial score (nSPS) is 24.2. The molecular weight excluding hydrogens is 272 g/mol. The number of carbonyl (C=O) groups excluding carboxylic acids is 1. The van der Waals surface area contributed by atoms with Crippen LogP contribution >= 0.6 is 0 Å². The number of carboxylic acids is 1. The highest BCUT2D eigenvalue weighted by atomic mass is 16.5. The van der Waals surface area contributed by atoms with Gasteiger partial charge in [-0.3, -0.25) is 4.79 Å². The molecule has 0 spiro atoms. The lowest BCUT2D eigenvalue weighted by molar-refractivity contribution is -0.153. The van der Waals surface area contributed by atoms with Gasteiger partial charge in [-0.2, -0.15) is 0 Å². The van der Waals surface area contributed by atoms with E-state index in [2.05, 4.69) is 12.2 Å². The van der Waals surface area contributed by atoms with E-state index in [9.17, 15) is 14.7 Å². The maximum Gasteiger partial charge on any atom is 0.317 e. The van der Waals surface area contributed by atoms with E-state index < -0.39 is 11.4 Å². The van der Waals surface area contributed by atoms with Crippen molar-refractivity contribution in [1.29, 1.82) is 0 Å². The van der Waals surface area contributed by atoms with Crippen molar-refractivity contribution in [1.82, 2.24) is 10.2 Å². The number of carboxylic acid groups (broad SMARTS) is 1. The molecule has 2 fully saturated rings. The van der Waals surface area contributed by atoms with Crippen LogP contribution < -0.4 is 5.32 Å². The van der Waals surface area contributed by atoms with Crippen LogP contribution in [0.5, 0.6) is 0 Å². The molecule has 1 aliphatic heterocycles. The van der Waals surface area contributed by atoms with Gasteiger partial charge in [0.05, 0.1) is 11.5 Å². The molecular formula is C15H26N2O4. The Morgan fingerprint density at radius 2 is 2.14 bits per heavy atom. The SMILES string of the molecule is CCCOC1CCCN(C(=O)NCC2(C(=O)O)CCC2)C1. The van der Waals surface area contributed by atoms with Gasteiger partial charge in [-0.15, -0.1) is 0 Å². The number of piperidine rings is 1. The molecule has 1 atom stereocenters. The molecule has 6 heteroatoms. The summed E-state index contributed by atoms with van der Waals surface area (Å²) in [6.45, 7) is 4.35. The zero-order valence-electron chi connectivity index (χ0n) is 12.8. The van der Waals surface area contributed by atoms with Gasteiger partial charge in [0.25, 0.3) is 0 Å². The zero-order valence-corrected chi connectivity index (χ0v) is 12.8. The predicted molar refractivity (Wildman–Crippen MR) is 78.2 cm³/mol. The Bertz CT molecular complexity index is 382. The summed E-state index contributed by atoms with van der Waals surface area (Å²) in [6.07, 6.45) is 5.26. The smallest absolute Gasteiger partial charge is 0.317 e. The Hall–Kier alpha value is -1.30. The van der Waals surface area contributed by atoms with Gasteiger partial charge < -0.3 is 20.1 Å². The molecule has 1 saturated carbocycles. The van der Waals surface area contributed by atoms with Crippen molar-refractivity contribution in [3.63, 3.8) is 0 Å². The topological polar surface area (TPSA) is 78.9 Å². The average Bonchev–Trinajstić information content (AvgIpc) is 2.43. The third-order valence-corrected chi connectivity index (χ3v) is 4.57. The monoisotopic (exact) mass is 298 g/mol. The lowest BCUT2D eigenvalue weighted by Gasteiger charge is -2.39. The molecule has 0 aromatic heterocycles. The molecule has 2 rings (SSSR count). The summed E-state index contributed by atoms with van der Waals surface area (Å²) in [6, 6.07) is -0.160. The van der Waals surface area contributed by atoms with Crippen molar-refractivity contribution in [2.24, 2.45) is 5.41 Å². The third kappa shape index (κ3) is 3.87. The first-order valence-electron chi connectivity index (χ1n) is 7.95. The van der Waals surface area contributed by atoms with Crippen LogP contribution in [-0.4, -0.2) is 54.4 Å². The van der Waals surface area contributed by atoms with E-state index in [0.717, 1.165) is 38.8 Å². The molecule has 0 aromatic rings. The highest BCUT2D eigenvalue weighted by Gasteiger charge is 2.44. The van der Waals surface area contributed by atoms with Gasteiger partial charge in [0.2, 0.25) is 0 Å². The third-order valence-electron chi connectivity index (χ3n) is 4.57. The van der Waals surface area contributed by atoms with E-state index in [1.807, 2.05) is 0 Å². The second-order valence-corrected chi connectivity index (χ2v) is 6.18. The molecule has 21 heavy (non-hydrogen) atoms. The summed E-state index contributed by atoms with van der Waals surface area (Å²) in [5.74, 6) is -0.795. The minimum absolute atomic E-state index is 0.113. The Labute approximate surface area is 125 Å². The van der Waals surface area contributed by atoms with Gasteiger partial charge in [0, 0.05) is 26.2 Å². The van der Waals surface area contributed by atoms with Crippen molar-refractivity contribution in [3.05, 3.63) is 0 Å². The molecule has 2 amide bonds. The standard InChI is InChI=1S/C15H26N2O4/c1-2-9-21-12-5-3-8-17(10-12)14(20)16-11-15(13(18)19)6-4-7-15/h12H,2-11H2,1H3,(H,16,20)(H,18,19). The van der Waals surface area contributed by atoms with Crippen molar-refractivity contribution in [3.8, 4) is 0 Å². The predicted octanol–water partition coefficient (Wildman–Crippen LogP) is 1.84. The number of likely N-dealkylation sites (tertiary alicyclic amines) is 1. The number of amides is 2. The van der Waals surface area contributed by atoms with Gasteiger partial charge in [0.1, 0.15) is 0 Å². The molecule has 0 radical (unpaired) electrons. The lowest BCUT2D eigenvalue weighted by Crippen LogP contribution is -2.53. The number of urea groups is 1. The number of carbonyl (C=O) groups is 2. The van der Waals surface area contributed by atoms with E-state index in [1.54, 1.807) is 4.90 Å². The molecule has 120 valence electrons. The van der Waals surface area contributed by atoms with Crippen LogP contribution in [0, 0.1) is 5.41 Å². The molecule has 6 nitrogen and oxygen atoms in total. The first-order chi connectivity index (χ1) is 10.1. The van der Waals surface area contributed by atoms with Gasteiger partial charge in [-0.05, 0) is 32.1 Å². The fraction of sp³-hybridized carbons (Fsp3) is 0.867. The minimum atomic E-state index is -0.795. The summed E-state index contributed by atoms with van der Waals surface area (Å²) in [5, 5.41) is 12.1. The van der Waals surface area contributed by atoms with Gasteiger partial charge >= 0.3 is 12.0 Å². The first kappa shape index (κ1) is 16.1. The summed E-state index contributed by atoms with van der Waals surface area (Å²) < 4.78 is 5.71. The number of ether oxygens (including phenoxy) is 1. The number of nitrogens with one attached hydrogen (secondary N) is 1. The number of hydrogen-bond acceptors (Lipinski definition) is 3. The highest BCUT2D eigenvalue weighted by molar-refractivity contribution is 5.79. The summed E-state index contributed by atoms with van der Waals surface area (Å²) >= 11 is 0. The Kier molecular flexibility index (Phi) is 5.45. The summed E-state index contributed by atoms with van der Waals surface area (Å²) in [5.41, 5.74) is -0.733. The second-order valence-electron chi connectivity index (χ2n) is 6.18. The minimum Gasteiger partial charge on any atom is -0.481 e. The largest absolute Gasteiger partial charge is 0.481 e. The van der Waals surface area contributed by atoms with Crippen molar-refractivity contribution < 1.29 is 19.4 Å². The molecule has 0 bridgehead atoms. The van der Waals surface area contributed by atoms with E-state index in [1.165, 1.54) is 0 Å². The fourth-order valence-corrected chi connectivity index (χ4v) is 2.97. The van der Waals surface area contributed by atoms with Crippen molar-refractivity contribution in [2.45, 2.75) is 51.6 Å². The van der Waals surface area contributed by atoms with Crippen molar-refractivity contribution >= 4 is 12.0 Å². The first-order valence-corrected chi connectivity index (χ1v) is 7.95. The summed E-state index contributed by atoms with van der Waals surface area (Å²) in [7, 11) is 0. The lowest BCUT2D eigenvalue weighted by atomic mass is 9.69. The van der Waals surface area contributed by atoms with E-state index in [-0.39, 0.29) is 18.7 Å². The molecule has 1 aliphatic carbocycles. The second kappa shape index (κ2) is 7.11. The Balaban J connectivity index is 1.78. The summed E-state index contributed by atoms with van der Waals surface area (Å²) in [4.78, 5) is 25.2. The van der Waals surface area contributed by atoms with Crippen LogP contribution in [-0.2, 0) is 9.53 Å². The number of hydrogen-bond donors (Lipinski definition) is 2. The Morgan fingerprint density at radius 3 is 2.71 bits per heavy atom. The number of nitrogens with zero attached hydrogens (tertiary/aromatic N) is 1. The number of aliphatic carboxylic acids is 1. The van der Waals surface area contributed by atoms with Crippen LogP contribution in [0.3, 0.4) is 0 Å². The Morgan fingerprint density at radius 1 is 1.38 bits per heavy atom. The van der Waals surface area contributed by atoms with Gasteiger partial charge in [0.15, 0.2) is 0 Å². The average molecular weight is 298 g/mol. The molecule has 0 aromatic carbocycles. The molecule has 1 heterocycles. The zero-order chi connectivity index (χ0) is 15.3. The van der Waals surface area contributed by atoms with Gasteiger partial charge in [-0.25, -0.2) is 4.79 Å². The number of rotatable bonds is 6. The maximum absolute atomic E-state index is 12.2. The fourth-order valence-electron chi connectivity index (χ4n) is 2.97. The van der Waals surface area contributed by atoms with E-state index in [0.29, 0.717) is 19.4 Å². The molecule has 1 saturated heterocycles. The van der Waals surface area contributed by atoms with Crippen molar-refractivity contribution in [2.75, 3.05) is 26.2 Å². The van der Waals surface area contributed by atoms with E-state index in [4.69, 9.17) is 4.74 Å². The van der Waals surface area contributed by atoms with Crippen LogP contribution in [0.4, 0.5) is 4.79 Å². The van der Waals surface area contributed by atoms with Crippen LogP contribution in [0.1, 0.15) is 45.4 Å². The molecule has 1 unspecified atom stereocenters. The van der Waals surface area contributed by atoms with Crippen LogP contribution in [0.2, 0.25) is 0 Å². The van der Waals surface area contributed by atoms with Gasteiger partial charge in [-0.1, -0.05) is 13.3 Å². The quantitative estimate of drug-likeness (QED) is 0.784.